The highest BCUT2D eigenvalue weighted by Crippen LogP contribution is 2.31. The Balaban J connectivity index is 0.000000719. The third kappa shape index (κ3) is 9.18. The second-order valence-electron chi connectivity index (χ2n) is 5.13. The van der Waals surface area contributed by atoms with Crippen LogP contribution >= 0.6 is 11.6 Å². The lowest BCUT2D eigenvalue weighted by molar-refractivity contribution is -0.147. The molecule has 10 heteroatoms. The first-order chi connectivity index (χ1) is 12.6. The molecule has 2 rings (SSSR count). The number of aromatic nitrogens is 2. The van der Waals surface area contributed by atoms with Gasteiger partial charge >= 0.3 is 6.18 Å². The van der Waals surface area contributed by atoms with E-state index in [1.54, 1.807) is 18.2 Å². The number of hydrogen-bond acceptors (Lipinski definition) is 4. The zero-order valence-electron chi connectivity index (χ0n) is 15.4. The molecule has 27 heavy (non-hydrogen) atoms. The SMILES string of the molecule is C=NC(=N)Cl.CC(=N)OCCn1c(C(F)(F)F)nc2ccccc21.CCC. The number of halogens is 4. The largest absolute Gasteiger partial charge is 0.480 e. The van der Waals surface area contributed by atoms with Crippen molar-refractivity contribution in [1.82, 2.24) is 9.55 Å². The maximum absolute atomic E-state index is 12.9. The lowest BCUT2D eigenvalue weighted by Gasteiger charge is -2.11. The van der Waals surface area contributed by atoms with Gasteiger partial charge in [-0.2, -0.15) is 13.2 Å². The third-order valence-electron chi connectivity index (χ3n) is 2.68. The molecular formula is C17H23ClF3N5O. The molecule has 0 atom stereocenters. The fourth-order valence-corrected chi connectivity index (χ4v) is 1.81. The summed E-state index contributed by atoms with van der Waals surface area (Å²) in [6.45, 7) is 8.62. The summed E-state index contributed by atoms with van der Waals surface area (Å²) in [5.41, 5.74) is 0.697. The molecule has 0 unspecified atom stereocenters. The summed E-state index contributed by atoms with van der Waals surface area (Å²) >= 11 is 4.82. The summed E-state index contributed by atoms with van der Waals surface area (Å²) in [6, 6.07) is 6.40. The first kappa shape index (κ1) is 24.6. The number of ether oxygens (including phenoxy) is 1. The van der Waals surface area contributed by atoms with E-state index < -0.39 is 12.0 Å². The summed E-state index contributed by atoms with van der Waals surface area (Å²) in [4.78, 5) is 6.60. The standard InChI is InChI=1S/C12H12F3N3O.C3H8.C2H3ClN2/c1-8(16)19-7-6-18-10-5-3-2-4-9(10)17-11(18)12(13,14)15;1-3-2;1-5-2(3)4/h2-5,16H,6-7H2,1H3;3H2,1-2H3;4H,1H2. The number of imidazole rings is 1. The number of nitrogens with zero attached hydrogens (tertiary/aromatic N) is 3. The van der Waals surface area contributed by atoms with Gasteiger partial charge in [0.25, 0.3) is 0 Å². The second kappa shape index (κ2) is 12.1. The number of alkyl halides is 3. The zero-order valence-corrected chi connectivity index (χ0v) is 16.2. The predicted octanol–water partition coefficient (Wildman–Crippen LogP) is 5.35. The Morgan fingerprint density at radius 2 is 1.81 bits per heavy atom. The molecule has 1 aromatic carbocycles. The molecule has 0 radical (unpaired) electrons. The van der Waals surface area contributed by atoms with E-state index >= 15 is 0 Å². The molecule has 1 aromatic heterocycles. The van der Waals surface area contributed by atoms with E-state index in [1.807, 2.05) is 0 Å². The average Bonchev–Trinajstić information content (AvgIpc) is 2.95. The van der Waals surface area contributed by atoms with Gasteiger partial charge in [0.05, 0.1) is 17.6 Å². The molecule has 0 aliphatic carbocycles. The van der Waals surface area contributed by atoms with Crippen LogP contribution in [0.2, 0.25) is 0 Å². The van der Waals surface area contributed by atoms with Crippen molar-refractivity contribution in [2.45, 2.75) is 39.9 Å². The van der Waals surface area contributed by atoms with E-state index in [0.717, 1.165) is 4.57 Å². The lowest BCUT2D eigenvalue weighted by Crippen LogP contribution is -2.17. The van der Waals surface area contributed by atoms with Crippen LogP contribution in [0.4, 0.5) is 13.2 Å². The maximum Gasteiger partial charge on any atom is 0.449 e. The van der Waals surface area contributed by atoms with Gasteiger partial charge in [-0.05, 0) is 30.5 Å². The monoisotopic (exact) mass is 405 g/mol. The summed E-state index contributed by atoms with van der Waals surface area (Å²) in [7, 11) is 0. The molecule has 2 N–H and O–H groups in total. The van der Waals surface area contributed by atoms with Gasteiger partial charge < -0.3 is 9.30 Å². The number of benzene rings is 1. The van der Waals surface area contributed by atoms with Crippen LogP contribution in [0.25, 0.3) is 11.0 Å². The zero-order chi connectivity index (χ0) is 21.0. The molecule has 0 fully saturated rings. The quantitative estimate of drug-likeness (QED) is 0.410. The van der Waals surface area contributed by atoms with E-state index in [1.165, 1.54) is 19.4 Å². The molecule has 1 heterocycles. The summed E-state index contributed by atoms with van der Waals surface area (Å²) in [5.74, 6) is -0.974. The fourth-order valence-electron chi connectivity index (χ4n) is 1.81. The number of para-hydroxylation sites is 2. The number of amidine groups is 1. The van der Waals surface area contributed by atoms with Crippen LogP contribution in [0.1, 0.15) is 33.0 Å². The van der Waals surface area contributed by atoms with E-state index in [2.05, 4.69) is 30.5 Å². The molecule has 0 aliphatic heterocycles. The maximum atomic E-state index is 12.9. The van der Waals surface area contributed by atoms with Crippen LogP contribution in [-0.2, 0) is 17.5 Å². The van der Waals surface area contributed by atoms with Gasteiger partial charge in [-0.3, -0.25) is 10.8 Å². The van der Waals surface area contributed by atoms with Gasteiger partial charge in [0, 0.05) is 6.92 Å². The van der Waals surface area contributed by atoms with Crippen molar-refractivity contribution in [3.05, 3.63) is 30.1 Å². The molecule has 150 valence electrons. The first-order valence-corrected chi connectivity index (χ1v) is 8.37. The van der Waals surface area contributed by atoms with Gasteiger partial charge in [-0.25, -0.2) is 9.98 Å². The minimum Gasteiger partial charge on any atom is -0.480 e. The van der Waals surface area contributed by atoms with Crippen LogP contribution in [0.5, 0.6) is 0 Å². The Kier molecular flexibility index (Phi) is 11.0. The Hall–Kier alpha value is -2.42. The van der Waals surface area contributed by atoms with Gasteiger partial charge in [-0.15, -0.1) is 0 Å². The van der Waals surface area contributed by atoms with Gasteiger partial charge in [0.1, 0.15) is 6.61 Å². The van der Waals surface area contributed by atoms with Crippen LogP contribution in [0, 0.1) is 10.8 Å². The van der Waals surface area contributed by atoms with Crippen LogP contribution in [-0.4, -0.2) is 34.1 Å². The number of rotatable bonds is 3. The molecule has 2 aromatic rings. The minimum absolute atomic E-state index is 0.00122. The van der Waals surface area contributed by atoms with Crippen molar-refractivity contribution in [1.29, 1.82) is 10.8 Å². The highest BCUT2D eigenvalue weighted by atomic mass is 35.5. The molecule has 0 spiro atoms. The highest BCUT2D eigenvalue weighted by molar-refractivity contribution is 6.64. The van der Waals surface area contributed by atoms with Crippen molar-refractivity contribution < 1.29 is 17.9 Å². The predicted molar refractivity (Wildman–Crippen MR) is 103 cm³/mol. The topological polar surface area (TPSA) is 87.1 Å². The van der Waals surface area contributed by atoms with E-state index in [4.69, 9.17) is 27.2 Å². The Morgan fingerprint density at radius 1 is 1.30 bits per heavy atom. The number of aliphatic imine (C=N–C) groups is 1. The Morgan fingerprint density at radius 3 is 2.26 bits per heavy atom. The van der Waals surface area contributed by atoms with E-state index in [9.17, 15) is 13.2 Å². The number of nitrogens with one attached hydrogen (secondary N) is 2. The molecule has 6 nitrogen and oxygen atoms in total. The average molecular weight is 406 g/mol. The minimum atomic E-state index is -4.52. The normalized spacial score (nSPS) is 10.2. The fraction of sp³-hybridized carbons (Fsp3) is 0.412. The molecule has 0 amide bonds. The highest BCUT2D eigenvalue weighted by Gasteiger charge is 2.37. The van der Waals surface area contributed by atoms with Gasteiger partial charge in [-0.1, -0.05) is 32.4 Å². The van der Waals surface area contributed by atoms with E-state index in [0.29, 0.717) is 11.0 Å². The molecule has 0 saturated carbocycles. The van der Waals surface area contributed by atoms with Crippen molar-refractivity contribution >= 4 is 40.5 Å². The summed E-state index contributed by atoms with van der Waals surface area (Å²) in [6.07, 6.45) is -3.27. The van der Waals surface area contributed by atoms with E-state index in [-0.39, 0.29) is 24.3 Å². The first-order valence-electron chi connectivity index (χ1n) is 7.99. The second-order valence-corrected chi connectivity index (χ2v) is 5.49. The van der Waals surface area contributed by atoms with Crippen molar-refractivity contribution in [3.8, 4) is 0 Å². The lowest BCUT2D eigenvalue weighted by atomic mass is 10.3. The van der Waals surface area contributed by atoms with Crippen molar-refractivity contribution in [2.75, 3.05) is 6.61 Å². The Bertz CT molecular complexity index is 759. The summed E-state index contributed by atoms with van der Waals surface area (Å²) in [5, 5.41) is 13.1. The molecule has 0 saturated heterocycles. The Labute approximate surface area is 161 Å². The van der Waals surface area contributed by atoms with Crippen molar-refractivity contribution in [2.24, 2.45) is 4.99 Å². The molecule has 0 bridgehead atoms. The number of hydrogen-bond donors (Lipinski definition) is 2. The molecular weight excluding hydrogens is 383 g/mol. The van der Waals surface area contributed by atoms with Crippen molar-refractivity contribution in [3.63, 3.8) is 0 Å². The smallest absolute Gasteiger partial charge is 0.449 e. The molecule has 0 aliphatic rings. The van der Waals surface area contributed by atoms with Gasteiger partial charge in [0.2, 0.25) is 11.1 Å². The third-order valence-corrected chi connectivity index (χ3v) is 2.80. The summed E-state index contributed by atoms with van der Waals surface area (Å²) < 4.78 is 44.7. The van der Waals surface area contributed by atoms with Crippen LogP contribution in [0.3, 0.4) is 0 Å². The van der Waals surface area contributed by atoms with Gasteiger partial charge in [0.15, 0.2) is 5.90 Å². The number of fused-ring (bicyclic) bond motifs is 1. The van der Waals surface area contributed by atoms with Crippen LogP contribution in [0.15, 0.2) is 29.3 Å². The van der Waals surface area contributed by atoms with Crippen LogP contribution < -0.4 is 0 Å².